The average molecular weight is 382 g/mol. The lowest BCUT2D eigenvalue weighted by Crippen LogP contribution is -2.13. The maximum absolute atomic E-state index is 12.8. The van der Waals surface area contributed by atoms with Gasteiger partial charge in [-0.05, 0) is 18.2 Å². The molecule has 1 aromatic heterocycles. The van der Waals surface area contributed by atoms with Gasteiger partial charge < -0.3 is 0 Å². The highest BCUT2D eigenvalue weighted by molar-refractivity contribution is 7.92. The number of rotatable bonds is 4. The van der Waals surface area contributed by atoms with Crippen LogP contribution in [0.3, 0.4) is 0 Å². The van der Waals surface area contributed by atoms with Crippen LogP contribution in [-0.2, 0) is 17.1 Å². The van der Waals surface area contributed by atoms with E-state index in [0.29, 0.717) is 16.3 Å². The topological polar surface area (TPSA) is 64.0 Å². The maximum atomic E-state index is 12.8. The quantitative estimate of drug-likeness (QED) is 0.736. The van der Waals surface area contributed by atoms with Gasteiger partial charge in [-0.1, -0.05) is 53.5 Å². The van der Waals surface area contributed by atoms with Crippen molar-refractivity contribution in [1.82, 2.24) is 9.78 Å². The van der Waals surface area contributed by atoms with E-state index in [2.05, 4.69) is 9.82 Å². The second-order valence-corrected chi connectivity index (χ2v) is 7.61. The van der Waals surface area contributed by atoms with Crippen LogP contribution in [0.5, 0.6) is 0 Å². The van der Waals surface area contributed by atoms with E-state index in [1.807, 2.05) is 18.2 Å². The van der Waals surface area contributed by atoms with Crippen molar-refractivity contribution in [2.75, 3.05) is 4.72 Å². The molecule has 0 aliphatic rings. The summed E-state index contributed by atoms with van der Waals surface area (Å²) in [6.45, 7) is 0. The van der Waals surface area contributed by atoms with Gasteiger partial charge in [0.25, 0.3) is 10.0 Å². The van der Waals surface area contributed by atoms with Crippen molar-refractivity contribution in [2.45, 2.75) is 4.90 Å². The van der Waals surface area contributed by atoms with Crippen molar-refractivity contribution in [3.05, 3.63) is 64.8 Å². The van der Waals surface area contributed by atoms with Crippen LogP contribution in [0.25, 0.3) is 11.3 Å². The van der Waals surface area contributed by atoms with E-state index in [4.69, 9.17) is 23.2 Å². The molecule has 1 N–H and O–H groups in total. The monoisotopic (exact) mass is 381 g/mol. The van der Waals surface area contributed by atoms with Crippen LogP contribution in [0.15, 0.2) is 59.6 Å². The molecule has 5 nitrogen and oxygen atoms in total. The minimum absolute atomic E-state index is 0.0623. The number of aromatic nitrogens is 2. The largest absolute Gasteiger partial charge is 0.278 e. The number of hydrogen-bond donors (Lipinski definition) is 1. The fourth-order valence-electron chi connectivity index (χ4n) is 2.23. The van der Waals surface area contributed by atoms with Gasteiger partial charge in [-0.15, -0.1) is 0 Å². The number of nitrogens with one attached hydrogen (secondary N) is 1. The third kappa shape index (κ3) is 3.40. The summed E-state index contributed by atoms with van der Waals surface area (Å²) in [5.41, 5.74) is 1.28. The van der Waals surface area contributed by atoms with Crippen LogP contribution in [0.2, 0.25) is 10.0 Å². The Labute approximate surface area is 149 Å². The molecule has 0 saturated heterocycles. The molecule has 0 spiro atoms. The Bertz CT molecular complexity index is 986. The smallest absolute Gasteiger partial charge is 0.265 e. The molecule has 3 rings (SSSR count). The van der Waals surface area contributed by atoms with E-state index < -0.39 is 10.0 Å². The standard InChI is InChI=1S/C16H13Cl2N3O2S/c1-21-10-15(16(19-21)11-5-3-2-4-6-11)24(22,23)20-14-9-12(17)7-8-13(14)18/h2-10,20H,1H3. The normalized spacial score (nSPS) is 11.5. The molecule has 8 heteroatoms. The summed E-state index contributed by atoms with van der Waals surface area (Å²) in [6, 6.07) is 13.7. The number of anilines is 1. The van der Waals surface area contributed by atoms with Crippen LogP contribution in [-0.4, -0.2) is 18.2 Å². The van der Waals surface area contributed by atoms with Crippen LogP contribution >= 0.6 is 23.2 Å². The summed E-state index contributed by atoms with van der Waals surface area (Å²) >= 11 is 12.0. The third-order valence-corrected chi connectivity index (χ3v) is 5.24. The first kappa shape index (κ1) is 16.8. The predicted octanol–water partition coefficient (Wildman–Crippen LogP) is 4.19. The summed E-state index contributed by atoms with van der Waals surface area (Å²) in [6.07, 6.45) is 1.45. The van der Waals surface area contributed by atoms with E-state index >= 15 is 0 Å². The summed E-state index contributed by atoms with van der Waals surface area (Å²) < 4.78 is 29.5. The highest BCUT2D eigenvalue weighted by Gasteiger charge is 2.24. The summed E-state index contributed by atoms with van der Waals surface area (Å²) in [4.78, 5) is 0.0623. The van der Waals surface area contributed by atoms with Crippen molar-refractivity contribution in [3.63, 3.8) is 0 Å². The molecule has 124 valence electrons. The second-order valence-electron chi connectivity index (χ2n) is 5.11. The Balaban J connectivity index is 2.06. The second kappa shape index (κ2) is 6.47. The zero-order valence-electron chi connectivity index (χ0n) is 12.6. The molecule has 0 atom stereocenters. The average Bonchev–Trinajstić information content (AvgIpc) is 2.94. The molecular weight excluding hydrogens is 369 g/mol. The van der Waals surface area contributed by atoms with Crippen molar-refractivity contribution in [2.24, 2.45) is 7.05 Å². The molecule has 0 aliphatic carbocycles. The molecule has 0 radical (unpaired) electrons. The van der Waals surface area contributed by atoms with Gasteiger partial charge in [0.1, 0.15) is 10.6 Å². The zero-order valence-corrected chi connectivity index (χ0v) is 14.9. The van der Waals surface area contributed by atoms with Gasteiger partial charge in [0.15, 0.2) is 0 Å². The predicted molar refractivity (Wildman–Crippen MR) is 95.9 cm³/mol. The Morgan fingerprint density at radius 1 is 1.08 bits per heavy atom. The highest BCUT2D eigenvalue weighted by atomic mass is 35.5. The van der Waals surface area contributed by atoms with Gasteiger partial charge in [0.05, 0.1) is 10.7 Å². The lowest BCUT2D eigenvalue weighted by molar-refractivity contribution is 0.601. The highest BCUT2D eigenvalue weighted by Crippen LogP contribution is 2.31. The molecule has 24 heavy (non-hydrogen) atoms. The van der Waals surface area contributed by atoms with Crippen molar-refractivity contribution >= 4 is 38.9 Å². The molecular formula is C16H13Cl2N3O2S. The SMILES string of the molecule is Cn1cc(S(=O)(=O)Nc2cc(Cl)ccc2Cl)c(-c2ccccc2)n1. The Morgan fingerprint density at radius 3 is 2.50 bits per heavy atom. The number of halogens is 2. The van der Waals surface area contributed by atoms with E-state index in [1.165, 1.54) is 23.0 Å². The lowest BCUT2D eigenvalue weighted by Gasteiger charge is -2.10. The molecule has 3 aromatic rings. The van der Waals surface area contributed by atoms with Crippen LogP contribution in [0.1, 0.15) is 0 Å². The molecule has 0 fully saturated rings. The van der Waals surface area contributed by atoms with Crippen LogP contribution in [0, 0.1) is 0 Å². The fourth-order valence-corrected chi connectivity index (χ4v) is 3.90. The number of aryl methyl sites for hydroxylation is 1. The van der Waals surface area contributed by atoms with Crippen molar-refractivity contribution in [3.8, 4) is 11.3 Å². The van der Waals surface area contributed by atoms with Gasteiger partial charge in [-0.2, -0.15) is 5.10 Å². The van der Waals surface area contributed by atoms with Gasteiger partial charge >= 0.3 is 0 Å². The number of benzene rings is 2. The van der Waals surface area contributed by atoms with E-state index in [1.54, 1.807) is 25.2 Å². The Kier molecular flexibility index (Phi) is 4.54. The van der Waals surface area contributed by atoms with Crippen LogP contribution < -0.4 is 4.72 Å². The van der Waals surface area contributed by atoms with E-state index in [-0.39, 0.29) is 15.6 Å². The maximum Gasteiger partial charge on any atom is 0.265 e. The molecule has 2 aromatic carbocycles. The Morgan fingerprint density at radius 2 is 1.79 bits per heavy atom. The van der Waals surface area contributed by atoms with Crippen LogP contribution in [0.4, 0.5) is 5.69 Å². The first-order valence-electron chi connectivity index (χ1n) is 6.94. The Hall–Kier alpha value is -2.02. The number of sulfonamides is 1. The fraction of sp³-hybridized carbons (Fsp3) is 0.0625. The minimum Gasteiger partial charge on any atom is -0.278 e. The minimum atomic E-state index is -3.89. The lowest BCUT2D eigenvalue weighted by atomic mass is 10.2. The van der Waals surface area contributed by atoms with Gasteiger partial charge in [0, 0.05) is 23.8 Å². The zero-order chi connectivity index (χ0) is 17.3. The van der Waals surface area contributed by atoms with Crippen molar-refractivity contribution in [1.29, 1.82) is 0 Å². The van der Waals surface area contributed by atoms with Gasteiger partial charge in [0.2, 0.25) is 0 Å². The van der Waals surface area contributed by atoms with Gasteiger partial charge in [-0.3, -0.25) is 9.40 Å². The van der Waals surface area contributed by atoms with E-state index in [0.717, 1.165) is 0 Å². The summed E-state index contributed by atoms with van der Waals surface area (Å²) in [5.74, 6) is 0. The molecule has 0 unspecified atom stereocenters. The van der Waals surface area contributed by atoms with Crippen molar-refractivity contribution < 1.29 is 8.42 Å². The number of hydrogen-bond acceptors (Lipinski definition) is 3. The molecule has 0 bridgehead atoms. The summed E-state index contributed by atoms with van der Waals surface area (Å²) in [5, 5.41) is 4.91. The molecule has 0 amide bonds. The molecule has 1 heterocycles. The molecule has 0 aliphatic heterocycles. The first-order valence-corrected chi connectivity index (χ1v) is 9.18. The van der Waals surface area contributed by atoms with E-state index in [9.17, 15) is 8.42 Å². The summed E-state index contributed by atoms with van der Waals surface area (Å²) in [7, 11) is -2.22. The molecule has 0 saturated carbocycles. The third-order valence-electron chi connectivity index (χ3n) is 3.30. The van der Waals surface area contributed by atoms with Gasteiger partial charge in [-0.25, -0.2) is 8.42 Å². The number of nitrogens with zero attached hydrogens (tertiary/aromatic N) is 2. The first-order chi connectivity index (χ1) is 11.4.